The zero-order valence-electron chi connectivity index (χ0n) is 18.6. The maximum atomic E-state index is 12.8. The molecule has 0 unspecified atom stereocenters. The molecule has 4 rings (SSSR count). The average molecular weight is 525 g/mol. The molecule has 3 aromatic carbocycles. The van der Waals surface area contributed by atoms with Gasteiger partial charge >= 0.3 is 12.4 Å². The summed E-state index contributed by atoms with van der Waals surface area (Å²) < 4.78 is 91.1. The van der Waals surface area contributed by atoms with E-state index in [9.17, 15) is 30.7 Å². The first-order valence-corrected chi connectivity index (χ1v) is 10.7. The highest BCUT2D eigenvalue weighted by Gasteiger charge is 2.32. The van der Waals surface area contributed by atoms with E-state index in [2.05, 4.69) is 4.98 Å². The molecule has 1 aromatic heterocycles. The second kappa shape index (κ2) is 11.0. The second-order valence-electron chi connectivity index (χ2n) is 7.43. The molecule has 0 saturated carbocycles. The van der Waals surface area contributed by atoms with Crippen molar-refractivity contribution in [1.82, 2.24) is 9.55 Å². The van der Waals surface area contributed by atoms with E-state index < -0.39 is 23.5 Å². The zero-order chi connectivity index (χ0) is 26.5. The van der Waals surface area contributed by atoms with Gasteiger partial charge in [-0.15, -0.1) is 5.98 Å². The Labute approximate surface area is 208 Å². The number of nitrogens with zero attached hydrogens (tertiary/aromatic N) is 2. The maximum Gasteiger partial charge on any atom is 0.416 e. The minimum Gasteiger partial charge on any atom is -0.305 e. The van der Waals surface area contributed by atoms with Crippen LogP contribution in [0.2, 0.25) is 5.02 Å². The Morgan fingerprint density at radius 2 is 1.39 bits per heavy atom. The Kier molecular flexibility index (Phi) is 8.30. The van der Waals surface area contributed by atoms with E-state index in [1.54, 1.807) is 37.2 Å². The van der Waals surface area contributed by atoms with Gasteiger partial charge in [0.1, 0.15) is 13.7 Å². The third-order valence-corrected chi connectivity index (χ3v) is 5.29. The molecular formula is C25H17BClF7N2. The molecule has 2 nitrogen and oxygen atoms in total. The highest BCUT2D eigenvalue weighted by molar-refractivity contribution is 6.32. The quantitative estimate of drug-likeness (QED) is 0.202. The summed E-state index contributed by atoms with van der Waals surface area (Å²) >= 11 is 5.83. The molecule has 0 bridgehead atoms. The first kappa shape index (κ1) is 27.1. The smallest absolute Gasteiger partial charge is 0.305 e. The minimum atomic E-state index is -4.51. The van der Waals surface area contributed by atoms with Crippen LogP contribution in [0.25, 0.3) is 11.3 Å². The Bertz CT molecular complexity index is 1290. The lowest BCUT2D eigenvalue weighted by atomic mass is 9.90. The number of alkyl halides is 6. The summed E-state index contributed by atoms with van der Waals surface area (Å²) in [4.78, 5) is 3.87. The van der Waals surface area contributed by atoms with Crippen LogP contribution in [0.3, 0.4) is 0 Å². The molecule has 0 aliphatic rings. The SMILES string of the molecule is BC=C(c1cccc(C(F)(F)F)c1)c1cccc(C(F)(F)F)c1.Fc1ccc(-n2ccnc2)c(Cl)c1. The number of benzene rings is 3. The third-order valence-electron chi connectivity index (χ3n) is 4.98. The summed E-state index contributed by atoms with van der Waals surface area (Å²) in [5, 5.41) is 0.373. The van der Waals surface area contributed by atoms with E-state index in [4.69, 9.17) is 11.6 Å². The van der Waals surface area contributed by atoms with E-state index >= 15 is 0 Å². The summed E-state index contributed by atoms with van der Waals surface area (Å²) in [6.07, 6.45) is -4.02. The summed E-state index contributed by atoms with van der Waals surface area (Å²) in [6, 6.07) is 13.3. The predicted molar refractivity (Wildman–Crippen MR) is 127 cm³/mol. The molecule has 1 heterocycles. The van der Waals surface area contributed by atoms with Crippen molar-refractivity contribution in [3.8, 4) is 5.69 Å². The van der Waals surface area contributed by atoms with Crippen molar-refractivity contribution in [2.24, 2.45) is 0 Å². The van der Waals surface area contributed by atoms with E-state index in [-0.39, 0.29) is 16.9 Å². The summed E-state index contributed by atoms with van der Waals surface area (Å²) in [7, 11) is 1.57. The van der Waals surface area contributed by atoms with Crippen molar-refractivity contribution in [3.63, 3.8) is 0 Å². The van der Waals surface area contributed by atoms with Crippen molar-refractivity contribution in [2.75, 3.05) is 0 Å². The Hall–Kier alpha value is -3.53. The van der Waals surface area contributed by atoms with Crippen molar-refractivity contribution < 1.29 is 30.7 Å². The topological polar surface area (TPSA) is 17.8 Å². The number of aromatic nitrogens is 2. The highest BCUT2D eigenvalue weighted by atomic mass is 35.5. The van der Waals surface area contributed by atoms with Gasteiger partial charge in [-0.3, -0.25) is 0 Å². The number of imidazole rings is 1. The van der Waals surface area contributed by atoms with Gasteiger partial charge in [-0.2, -0.15) is 26.3 Å². The van der Waals surface area contributed by atoms with E-state index in [1.807, 2.05) is 0 Å². The van der Waals surface area contributed by atoms with Crippen LogP contribution in [0.15, 0.2) is 91.4 Å². The summed E-state index contributed by atoms with van der Waals surface area (Å²) in [5.41, 5.74) is -0.242. The van der Waals surface area contributed by atoms with Gasteiger partial charge in [0.15, 0.2) is 0 Å². The van der Waals surface area contributed by atoms with Crippen LogP contribution in [0, 0.1) is 5.82 Å². The third kappa shape index (κ3) is 6.78. The fourth-order valence-corrected chi connectivity index (χ4v) is 3.58. The van der Waals surface area contributed by atoms with Crippen molar-refractivity contribution in [3.05, 3.63) is 125 Å². The van der Waals surface area contributed by atoms with Crippen molar-refractivity contribution in [2.45, 2.75) is 12.4 Å². The molecule has 186 valence electrons. The summed E-state index contributed by atoms with van der Waals surface area (Å²) in [6.45, 7) is 0. The van der Waals surface area contributed by atoms with Crippen LogP contribution in [-0.4, -0.2) is 17.4 Å². The van der Waals surface area contributed by atoms with Gasteiger partial charge in [-0.25, -0.2) is 9.37 Å². The van der Waals surface area contributed by atoms with E-state index in [1.165, 1.54) is 42.4 Å². The maximum absolute atomic E-state index is 12.8. The van der Waals surface area contributed by atoms with Gasteiger partial charge in [0.25, 0.3) is 0 Å². The van der Waals surface area contributed by atoms with E-state index in [0.717, 1.165) is 30.0 Å². The molecular weight excluding hydrogens is 508 g/mol. The Balaban J connectivity index is 0.000000233. The fourth-order valence-electron chi connectivity index (χ4n) is 3.32. The van der Waals surface area contributed by atoms with Gasteiger partial charge in [0.2, 0.25) is 0 Å². The molecule has 11 heteroatoms. The molecule has 0 radical (unpaired) electrons. The van der Waals surface area contributed by atoms with E-state index in [0.29, 0.717) is 10.6 Å². The average Bonchev–Trinajstić information content (AvgIpc) is 3.34. The molecule has 0 saturated heterocycles. The normalized spacial score (nSPS) is 11.4. The molecule has 0 aliphatic carbocycles. The van der Waals surface area contributed by atoms with Crippen LogP contribution >= 0.6 is 11.6 Å². The van der Waals surface area contributed by atoms with Gasteiger partial charge in [0.05, 0.1) is 28.2 Å². The molecule has 0 amide bonds. The number of hydrogen-bond acceptors (Lipinski definition) is 1. The first-order chi connectivity index (χ1) is 16.9. The van der Waals surface area contributed by atoms with Crippen molar-refractivity contribution >= 4 is 25.0 Å². The van der Waals surface area contributed by atoms with Crippen LogP contribution in [-0.2, 0) is 12.4 Å². The number of hydrogen-bond donors (Lipinski definition) is 0. The molecule has 0 fully saturated rings. The molecule has 0 atom stereocenters. The predicted octanol–water partition coefficient (Wildman–Crippen LogP) is 7.41. The van der Waals surface area contributed by atoms with Crippen LogP contribution < -0.4 is 0 Å². The molecule has 4 aromatic rings. The minimum absolute atomic E-state index is 0.210. The number of rotatable bonds is 3. The van der Waals surface area contributed by atoms with Crippen LogP contribution in [0.1, 0.15) is 22.3 Å². The summed E-state index contributed by atoms with van der Waals surface area (Å²) in [5.74, 6) is 1.15. The monoisotopic (exact) mass is 524 g/mol. The lowest BCUT2D eigenvalue weighted by Gasteiger charge is -2.14. The standard InChI is InChI=1S/C16H11BF6.C9H6ClFN2/c17-9-14(10-3-1-5-12(7-10)15(18,19)20)11-4-2-6-13(8-11)16(21,22)23;10-8-5-7(11)1-2-9(8)13-4-3-12-6-13/h1-9H,17H2;1-6H. The van der Waals surface area contributed by atoms with Gasteiger partial charge in [0, 0.05) is 12.4 Å². The Morgan fingerprint density at radius 3 is 1.81 bits per heavy atom. The highest BCUT2D eigenvalue weighted by Crippen LogP contribution is 2.35. The van der Waals surface area contributed by atoms with Gasteiger partial charge < -0.3 is 4.57 Å². The van der Waals surface area contributed by atoms with Crippen molar-refractivity contribution in [1.29, 1.82) is 0 Å². The second-order valence-corrected chi connectivity index (χ2v) is 7.83. The lowest BCUT2D eigenvalue weighted by Crippen LogP contribution is -2.06. The fraction of sp³-hybridized carbons (Fsp3) is 0.0800. The molecule has 0 spiro atoms. The largest absolute Gasteiger partial charge is 0.416 e. The number of halogens is 8. The Morgan fingerprint density at radius 1 is 0.833 bits per heavy atom. The zero-order valence-corrected chi connectivity index (χ0v) is 19.3. The van der Waals surface area contributed by atoms with Crippen LogP contribution in [0.5, 0.6) is 0 Å². The lowest BCUT2D eigenvalue weighted by molar-refractivity contribution is -0.138. The first-order valence-electron chi connectivity index (χ1n) is 10.3. The van der Waals surface area contributed by atoms with Crippen LogP contribution in [0.4, 0.5) is 30.7 Å². The molecule has 0 N–H and O–H groups in total. The molecule has 0 aliphatic heterocycles. The van der Waals surface area contributed by atoms with Gasteiger partial charge in [-0.05, 0) is 59.2 Å². The van der Waals surface area contributed by atoms with Gasteiger partial charge in [-0.1, -0.05) is 35.9 Å². The molecule has 36 heavy (non-hydrogen) atoms.